The van der Waals surface area contributed by atoms with Gasteiger partial charge in [-0.25, -0.2) is 14.9 Å². The lowest BCUT2D eigenvalue weighted by atomic mass is 10.2. The Morgan fingerprint density at radius 3 is 3.00 bits per heavy atom. The molecular weight excluding hydrogens is 232 g/mol. The molecule has 96 valence electrons. The van der Waals surface area contributed by atoms with Gasteiger partial charge < -0.3 is 9.84 Å². The summed E-state index contributed by atoms with van der Waals surface area (Å²) in [6.07, 6.45) is 1.22. The maximum absolute atomic E-state index is 11.5. The van der Waals surface area contributed by atoms with E-state index in [1.807, 2.05) is 25.1 Å². The lowest BCUT2D eigenvalue weighted by Crippen LogP contribution is -2.23. The first-order chi connectivity index (χ1) is 8.72. The second-order valence-electron chi connectivity index (χ2n) is 4.00. The molecule has 0 bridgehead atoms. The molecule has 0 aliphatic carbocycles. The van der Waals surface area contributed by atoms with Crippen LogP contribution in [0.1, 0.15) is 19.8 Å². The molecule has 1 aromatic heterocycles. The largest absolute Gasteiger partial charge is 0.493 e. The summed E-state index contributed by atoms with van der Waals surface area (Å²) in [5.74, 6) is -0.0244. The van der Waals surface area contributed by atoms with Crippen molar-refractivity contribution in [3.63, 3.8) is 0 Å². The molecule has 5 nitrogen and oxygen atoms in total. The van der Waals surface area contributed by atoms with Crippen molar-refractivity contribution in [3.05, 3.63) is 30.3 Å². The molecule has 2 N–H and O–H groups in total. The Morgan fingerprint density at radius 1 is 1.44 bits per heavy atom. The average Bonchev–Trinajstić information content (AvgIpc) is 2.67. The summed E-state index contributed by atoms with van der Waals surface area (Å²) in [6, 6.07) is 8.95. The first kappa shape index (κ1) is 12.3. The predicted molar refractivity (Wildman–Crippen MR) is 69.2 cm³/mol. The standard InChI is InChI=1S/C13H16N2O3/c1-2-3-8-18-13(17)14-15-11-7-5-4-6-10(11)9-12(15)16/h4-7,9,16H,2-3,8H2,1H3,(H,14,17). The number of aromatic hydroxyl groups is 1. The number of carbonyl (C=O) groups excluding carboxylic acids is 1. The van der Waals surface area contributed by atoms with Gasteiger partial charge in [-0.05, 0) is 12.5 Å². The molecule has 5 heteroatoms. The zero-order chi connectivity index (χ0) is 13.0. The summed E-state index contributed by atoms with van der Waals surface area (Å²) < 4.78 is 6.29. The highest BCUT2D eigenvalue weighted by Gasteiger charge is 2.10. The number of hydrogen-bond acceptors (Lipinski definition) is 3. The van der Waals surface area contributed by atoms with E-state index in [0.717, 1.165) is 23.7 Å². The fourth-order valence-electron chi connectivity index (χ4n) is 1.69. The van der Waals surface area contributed by atoms with Crippen molar-refractivity contribution in [3.8, 4) is 5.88 Å². The zero-order valence-electron chi connectivity index (χ0n) is 10.2. The van der Waals surface area contributed by atoms with Gasteiger partial charge in [-0.1, -0.05) is 31.5 Å². The molecule has 0 aliphatic heterocycles. The van der Waals surface area contributed by atoms with Gasteiger partial charge in [0.25, 0.3) is 0 Å². The molecule has 0 spiro atoms. The Bertz CT molecular complexity index is 548. The van der Waals surface area contributed by atoms with Crippen LogP contribution in [-0.4, -0.2) is 22.5 Å². The number of aromatic nitrogens is 1. The highest BCUT2D eigenvalue weighted by molar-refractivity contribution is 5.86. The summed E-state index contributed by atoms with van der Waals surface area (Å²) in [4.78, 5) is 11.5. The fraction of sp³-hybridized carbons (Fsp3) is 0.308. The van der Waals surface area contributed by atoms with Gasteiger partial charge in [-0.3, -0.25) is 0 Å². The lowest BCUT2D eigenvalue weighted by Gasteiger charge is -2.09. The van der Waals surface area contributed by atoms with Crippen molar-refractivity contribution in [1.82, 2.24) is 4.68 Å². The number of unbranched alkanes of at least 4 members (excludes halogenated alkanes) is 1. The number of rotatable bonds is 4. The van der Waals surface area contributed by atoms with Crippen LogP contribution in [0.5, 0.6) is 5.88 Å². The van der Waals surface area contributed by atoms with Gasteiger partial charge in [-0.15, -0.1) is 0 Å². The van der Waals surface area contributed by atoms with E-state index in [9.17, 15) is 9.90 Å². The first-order valence-electron chi connectivity index (χ1n) is 5.95. The number of fused-ring (bicyclic) bond motifs is 1. The minimum atomic E-state index is -0.569. The number of nitrogens with zero attached hydrogens (tertiary/aromatic N) is 1. The molecule has 0 aliphatic rings. The molecule has 1 amide bonds. The van der Waals surface area contributed by atoms with Crippen LogP contribution in [0.3, 0.4) is 0 Å². The van der Waals surface area contributed by atoms with Crippen molar-refractivity contribution in [2.45, 2.75) is 19.8 Å². The molecule has 0 saturated heterocycles. The van der Waals surface area contributed by atoms with Crippen molar-refractivity contribution in [2.24, 2.45) is 0 Å². The van der Waals surface area contributed by atoms with Crippen LogP contribution in [0, 0.1) is 0 Å². The summed E-state index contributed by atoms with van der Waals surface area (Å²) in [7, 11) is 0. The van der Waals surface area contributed by atoms with E-state index >= 15 is 0 Å². The average molecular weight is 248 g/mol. The summed E-state index contributed by atoms with van der Waals surface area (Å²) in [5, 5.41) is 10.6. The van der Waals surface area contributed by atoms with Crippen LogP contribution < -0.4 is 5.43 Å². The quantitative estimate of drug-likeness (QED) is 0.818. The number of para-hydroxylation sites is 1. The van der Waals surface area contributed by atoms with Gasteiger partial charge in [0, 0.05) is 11.5 Å². The molecule has 0 saturated carbocycles. The molecular formula is C13H16N2O3. The predicted octanol–water partition coefficient (Wildman–Crippen LogP) is 2.83. The molecule has 0 atom stereocenters. The molecule has 0 radical (unpaired) electrons. The van der Waals surface area contributed by atoms with E-state index in [2.05, 4.69) is 5.43 Å². The smallest absolute Gasteiger partial charge is 0.426 e. The number of amides is 1. The van der Waals surface area contributed by atoms with Gasteiger partial charge in [0.15, 0.2) is 0 Å². The van der Waals surface area contributed by atoms with Crippen molar-refractivity contribution >= 4 is 17.0 Å². The van der Waals surface area contributed by atoms with Crippen molar-refractivity contribution in [1.29, 1.82) is 0 Å². The van der Waals surface area contributed by atoms with Crippen LogP contribution in [0.15, 0.2) is 30.3 Å². The monoisotopic (exact) mass is 248 g/mol. The van der Waals surface area contributed by atoms with E-state index in [1.165, 1.54) is 4.68 Å². The Labute approximate surface area is 105 Å². The molecule has 1 heterocycles. The highest BCUT2D eigenvalue weighted by atomic mass is 16.6. The molecule has 2 aromatic rings. The van der Waals surface area contributed by atoms with E-state index in [4.69, 9.17) is 4.74 Å². The first-order valence-corrected chi connectivity index (χ1v) is 5.95. The zero-order valence-corrected chi connectivity index (χ0v) is 10.2. The maximum atomic E-state index is 11.5. The SMILES string of the molecule is CCCCOC(=O)Nn1c(O)cc2ccccc21. The maximum Gasteiger partial charge on any atom is 0.426 e. The third kappa shape index (κ3) is 2.56. The Morgan fingerprint density at radius 2 is 2.22 bits per heavy atom. The number of nitrogens with one attached hydrogen (secondary N) is 1. The minimum Gasteiger partial charge on any atom is -0.493 e. The second-order valence-corrected chi connectivity index (χ2v) is 4.00. The third-order valence-electron chi connectivity index (χ3n) is 2.63. The highest BCUT2D eigenvalue weighted by Crippen LogP contribution is 2.22. The van der Waals surface area contributed by atoms with Gasteiger partial charge in [0.1, 0.15) is 0 Å². The second kappa shape index (κ2) is 5.44. The molecule has 1 aromatic carbocycles. The van der Waals surface area contributed by atoms with Crippen LogP contribution in [-0.2, 0) is 4.74 Å². The minimum absolute atomic E-state index is 0.0244. The summed E-state index contributed by atoms with van der Waals surface area (Å²) in [6.45, 7) is 2.40. The van der Waals surface area contributed by atoms with Gasteiger partial charge >= 0.3 is 6.09 Å². The number of hydrogen-bond donors (Lipinski definition) is 2. The van der Waals surface area contributed by atoms with Gasteiger partial charge in [0.05, 0.1) is 12.1 Å². The topological polar surface area (TPSA) is 63.5 Å². The van der Waals surface area contributed by atoms with Crippen LogP contribution in [0.2, 0.25) is 0 Å². The summed E-state index contributed by atoms with van der Waals surface area (Å²) >= 11 is 0. The van der Waals surface area contributed by atoms with Gasteiger partial charge in [-0.2, -0.15) is 0 Å². The van der Waals surface area contributed by atoms with E-state index in [0.29, 0.717) is 6.61 Å². The van der Waals surface area contributed by atoms with E-state index in [1.54, 1.807) is 12.1 Å². The Balaban J connectivity index is 2.11. The van der Waals surface area contributed by atoms with E-state index in [-0.39, 0.29) is 5.88 Å². The van der Waals surface area contributed by atoms with E-state index < -0.39 is 6.09 Å². The van der Waals surface area contributed by atoms with Crippen LogP contribution in [0.4, 0.5) is 4.79 Å². The number of ether oxygens (including phenoxy) is 1. The lowest BCUT2D eigenvalue weighted by molar-refractivity contribution is 0.156. The van der Waals surface area contributed by atoms with Gasteiger partial charge in [0.2, 0.25) is 5.88 Å². The molecule has 0 fully saturated rings. The molecule has 18 heavy (non-hydrogen) atoms. The number of benzene rings is 1. The third-order valence-corrected chi connectivity index (χ3v) is 2.63. The van der Waals surface area contributed by atoms with Crippen LogP contribution >= 0.6 is 0 Å². The van der Waals surface area contributed by atoms with Crippen molar-refractivity contribution < 1.29 is 14.6 Å². The number of carbonyl (C=O) groups is 1. The molecule has 2 rings (SSSR count). The summed E-state index contributed by atoms with van der Waals surface area (Å²) in [5.41, 5.74) is 3.22. The van der Waals surface area contributed by atoms with Crippen LogP contribution in [0.25, 0.3) is 10.9 Å². The Kier molecular flexibility index (Phi) is 3.72. The fourth-order valence-corrected chi connectivity index (χ4v) is 1.69. The molecule has 0 unspecified atom stereocenters. The van der Waals surface area contributed by atoms with Crippen molar-refractivity contribution in [2.75, 3.05) is 12.0 Å². The Hall–Kier alpha value is -2.17. The normalized spacial score (nSPS) is 10.5.